The average molecular weight is 357 g/mol. The maximum atomic E-state index is 12.4. The molecule has 0 atom stereocenters. The van der Waals surface area contributed by atoms with Gasteiger partial charge in [-0.25, -0.2) is 0 Å². The maximum absolute atomic E-state index is 12.4. The molecular formula is C21H19N5O. The van der Waals surface area contributed by atoms with Crippen molar-refractivity contribution >= 4 is 5.91 Å². The van der Waals surface area contributed by atoms with Crippen molar-refractivity contribution in [2.45, 2.75) is 6.54 Å². The molecule has 0 unspecified atom stereocenters. The van der Waals surface area contributed by atoms with Gasteiger partial charge in [0.1, 0.15) is 0 Å². The molecule has 1 amide bonds. The molecule has 3 heterocycles. The molecule has 6 heteroatoms. The molecule has 0 spiro atoms. The number of nitrogens with one attached hydrogen (secondary N) is 1. The Morgan fingerprint density at radius 2 is 1.81 bits per heavy atom. The minimum Gasteiger partial charge on any atom is -0.348 e. The minimum absolute atomic E-state index is 0.106. The number of carbonyl (C=O) groups is 1. The number of benzene rings is 1. The number of hydrogen-bond donors (Lipinski definition) is 1. The standard InChI is InChI=1S/C21H19N5O/c1-25-15-18(14-24-25)20-9-4-16(12-22-20)13-23-21(27)17-5-7-19(8-6-17)26-10-2-3-11-26/h2-12,14-15H,13H2,1H3,(H,23,27). The summed E-state index contributed by atoms with van der Waals surface area (Å²) in [5, 5.41) is 7.08. The third-order valence-electron chi connectivity index (χ3n) is 4.31. The first kappa shape index (κ1) is 16.8. The van der Waals surface area contributed by atoms with E-state index in [9.17, 15) is 4.79 Å². The molecule has 0 radical (unpaired) electrons. The van der Waals surface area contributed by atoms with Crippen LogP contribution in [0.15, 0.2) is 79.5 Å². The lowest BCUT2D eigenvalue weighted by molar-refractivity contribution is 0.0951. The van der Waals surface area contributed by atoms with Gasteiger partial charge in [0.2, 0.25) is 0 Å². The molecule has 134 valence electrons. The van der Waals surface area contributed by atoms with Gasteiger partial charge in [0, 0.05) is 55.2 Å². The predicted octanol–water partition coefficient (Wildman–Crippen LogP) is 3.20. The Morgan fingerprint density at radius 3 is 2.44 bits per heavy atom. The van der Waals surface area contributed by atoms with Crippen LogP contribution in [0.4, 0.5) is 0 Å². The zero-order valence-corrected chi connectivity index (χ0v) is 14.9. The van der Waals surface area contributed by atoms with Gasteiger partial charge >= 0.3 is 0 Å². The molecule has 27 heavy (non-hydrogen) atoms. The summed E-state index contributed by atoms with van der Waals surface area (Å²) in [6.07, 6.45) is 9.41. The number of pyridine rings is 1. The number of aryl methyl sites for hydroxylation is 1. The van der Waals surface area contributed by atoms with Crippen LogP contribution < -0.4 is 5.32 Å². The predicted molar refractivity (Wildman–Crippen MR) is 103 cm³/mol. The largest absolute Gasteiger partial charge is 0.348 e. The van der Waals surface area contributed by atoms with Crippen LogP contribution in [0.2, 0.25) is 0 Å². The van der Waals surface area contributed by atoms with E-state index >= 15 is 0 Å². The Bertz CT molecular complexity index is 1030. The van der Waals surface area contributed by atoms with Gasteiger partial charge in [-0.05, 0) is 48.0 Å². The number of nitrogens with zero attached hydrogens (tertiary/aromatic N) is 4. The van der Waals surface area contributed by atoms with Crippen LogP contribution >= 0.6 is 0 Å². The summed E-state index contributed by atoms with van der Waals surface area (Å²) in [4.78, 5) is 16.8. The van der Waals surface area contributed by atoms with Crippen LogP contribution in [-0.4, -0.2) is 25.2 Å². The van der Waals surface area contributed by atoms with Gasteiger partial charge in [0.25, 0.3) is 5.91 Å². The summed E-state index contributed by atoms with van der Waals surface area (Å²) < 4.78 is 3.74. The van der Waals surface area contributed by atoms with E-state index in [1.54, 1.807) is 17.1 Å². The Labute approximate surface area is 157 Å². The lowest BCUT2D eigenvalue weighted by Gasteiger charge is -2.07. The van der Waals surface area contributed by atoms with Crippen LogP contribution in [0, 0.1) is 0 Å². The molecule has 0 saturated heterocycles. The third-order valence-corrected chi connectivity index (χ3v) is 4.31. The van der Waals surface area contributed by atoms with E-state index in [0.717, 1.165) is 22.5 Å². The summed E-state index contributed by atoms with van der Waals surface area (Å²) in [6, 6.07) is 15.3. The minimum atomic E-state index is -0.106. The van der Waals surface area contributed by atoms with Crippen molar-refractivity contribution in [3.8, 4) is 16.9 Å². The van der Waals surface area contributed by atoms with Crippen LogP contribution in [0.1, 0.15) is 15.9 Å². The summed E-state index contributed by atoms with van der Waals surface area (Å²) in [6.45, 7) is 0.429. The van der Waals surface area contributed by atoms with Crippen molar-refractivity contribution in [2.24, 2.45) is 7.05 Å². The number of hydrogen-bond acceptors (Lipinski definition) is 3. The highest BCUT2D eigenvalue weighted by Gasteiger charge is 2.07. The van der Waals surface area contributed by atoms with Gasteiger partial charge in [-0.15, -0.1) is 0 Å². The Balaban J connectivity index is 1.37. The van der Waals surface area contributed by atoms with Crippen molar-refractivity contribution in [3.05, 3.63) is 90.6 Å². The zero-order valence-electron chi connectivity index (χ0n) is 14.9. The lowest BCUT2D eigenvalue weighted by Crippen LogP contribution is -2.22. The topological polar surface area (TPSA) is 64.7 Å². The van der Waals surface area contributed by atoms with Gasteiger partial charge in [-0.3, -0.25) is 14.5 Å². The molecule has 4 rings (SSSR count). The lowest BCUT2D eigenvalue weighted by atomic mass is 10.1. The molecule has 3 aromatic heterocycles. The molecule has 4 aromatic rings. The first-order valence-electron chi connectivity index (χ1n) is 8.64. The quantitative estimate of drug-likeness (QED) is 0.596. The van der Waals surface area contributed by atoms with Crippen LogP contribution in [0.3, 0.4) is 0 Å². The molecule has 0 aliphatic heterocycles. The fourth-order valence-corrected chi connectivity index (χ4v) is 2.83. The highest BCUT2D eigenvalue weighted by Crippen LogP contribution is 2.15. The third kappa shape index (κ3) is 3.79. The van der Waals surface area contributed by atoms with Gasteiger partial charge in [-0.2, -0.15) is 5.10 Å². The number of carbonyl (C=O) groups excluding carboxylic acids is 1. The first-order valence-corrected chi connectivity index (χ1v) is 8.64. The van der Waals surface area contributed by atoms with E-state index < -0.39 is 0 Å². The highest BCUT2D eigenvalue weighted by atomic mass is 16.1. The van der Waals surface area contributed by atoms with Crippen LogP contribution in [-0.2, 0) is 13.6 Å². The zero-order chi connectivity index (χ0) is 18.6. The van der Waals surface area contributed by atoms with Gasteiger partial charge in [-0.1, -0.05) is 6.07 Å². The van der Waals surface area contributed by atoms with E-state index in [1.165, 1.54) is 0 Å². The second-order valence-corrected chi connectivity index (χ2v) is 6.27. The summed E-state index contributed by atoms with van der Waals surface area (Å²) >= 11 is 0. The van der Waals surface area contributed by atoms with Crippen molar-refractivity contribution < 1.29 is 4.79 Å². The van der Waals surface area contributed by atoms with Crippen molar-refractivity contribution in [3.63, 3.8) is 0 Å². The molecule has 6 nitrogen and oxygen atoms in total. The SMILES string of the molecule is Cn1cc(-c2ccc(CNC(=O)c3ccc(-n4cccc4)cc3)cn2)cn1. The monoisotopic (exact) mass is 357 g/mol. The Kier molecular flexibility index (Phi) is 4.53. The smallest absolute Gasteiger partial charge is 0.251 e. The van der Waals surface area contributed by atoms with Gasteiger partial charge in [0.05, 0.1) is 11.9 Å². The molecule has 0 bridgehead atoms. The van der Waals surface area contributed by atoms with Crippen molar-refractivity contribution in [1.29, 1.82) is 0 Å². The number of aromatic nitrogens is 4. The summed E-state index contributed by atoms with van der Waals surface area (Å²) in [5.74, 6) is -0.106. The number of rotatable bonds is 5. The fraction of sp³-hybridized carbons (Fsp3) is 0.0952. The molecule has 1 N–H and O–H groups in total. The molecular weight excluding hydrogens is 338 g/mol. The summed E-state index contributed by atoms with van der Waals surface area (Å²) in [5.41, 5.74) is 4.42. The second-order valence-electron chi connectivity index (χ2n) is 6.27. The van der Waals surface area contributed by atoms with E-state index in [-0.39, 0.29) is 5.91 Å². The molecule has 0 saturated carbocycles. The Hall–Kier alpha value is -3.67. The van der Waals surface area contributed by atoms with Crippen LogP contribution in [0.25, 0.3) is 16.9 Å². The Morgan fingerprint density at radius 1 is 1.04 bits per heavy atom. The van der Waals surface area contributed by atoms with E-state index in [2.05, 4.69) is 15.4 Å². The average Bonchev–Trinajstić information content (AvgIpc) is 3.39. The highest BCUT2D eigenvalue weighted by molar-refractivity contribution is 5.94. The number of amides is 1. The first-order chi connectivity index (χ1) is 13.2. The maximum Gasteiger partial charge on any atom is 0.251 e. The van der Waals surface area contributed by atoms with Gasteiger partial charge < -0.3 is 9.88 Å². The van der Waals surface area contributed by atoms with Crippen molar-refractivity contribution in [1.82, 2.24) is 24.6 Å². The molecule has 0 aliphatic rings. The van der Waals surface area contributed by atoms with E-state index in [0.29, 0.717) is 12.1 Å². The van der Waals surface area contributed by atoms with Crippen molar-refractivity contribution in [2.75, 3.05) is 0 Å². The van der Waals surface area contributed by atoms with Crippen LogP contribution in [0.5, 0.6) is 0 Å². The normalized spacial score (nSPS) is 10.7. The fourth-order valence-electron chi connectivity index (χ4n) is 2.83. The molecule has 1 aromatic carbocycles. The van der Waals surface area contributed by atoms with E-state index in [4.69, 9.17) is 0 Å². The van der Waals surface area contributed by atoms with E-state index in [1.807, 2.05) is 78.7 Å². The summed E-state index contributed by atoms with van der Waals surface area (Å²) in [7, 11) is 1.87. The molecule has 0 fully saturated rings. The second kappa shape index (κ2) is 7.29. The van der Waals surface area contributed by atoms with Gasteiger partial charge in [0.15, 0.2) is 0 Å². The molecule has 0 aliphatic carbocycles.